The maximum Gasteiger partial charge on any atom is 0.475 e. The highest BCUT2D eigenvalue weighted by Crippen LogP contribution is 2.09. The molecule has 0 aliphatic heterocycles. The van der Waals surface area contributed by atoms with Crippen molar-refractivity contribution in [1.82, 2.24) is 20.6 Å². The fraction of sp³-hybridized carbons (Fsp3) is 0.368. The van der Waals surface area contributed by atoms with E-state index < -0.39 is 134 Å². The van der Waals surface area contributed by atoms with Crippen molar-refractivity contribution in [2.45, 2.75) is 38.4 Å². The van der Waals surface area contributed by atoms with Crippen molar-refractivity contribution in [3.05, 3.63) is 60.0 Å². The molecule has 0 spiro atoms. The SMILES string of the molecule is [2H]OB(O[2H])[C@@]([2H])(N([2H])C(=O)[C@@]([2H])(N([2H])C(=O)c1nc([2H])c([2H])nc1[2H])C([2H])([2H])c1c([2H])c([2H])c([2H])c([2H])c1[2H])C([2H])([2H])C([2H])(C([2H])([2H])[2H])C([2H])([2H])[2H]. The van der Waals surface area contributed by atoms with Crippen molar-refractivity contribution in [3.63, 3.8) is 0 Å². The first-order valence-corrected chi connectivity index (χ1v) is 6.96. The molecule has 1 aromatic heterocycles. The fourth-order valence-corrected chi connectivity index (χ4v) is 1.45. The third-order valence-corrected chi connectivity index (χ3v) is 2.50. The highest BCUT2D eigenvalue weighted by atomic mass is 16.4. The molecule has 8 nitrogen and oxygen atoms in total. The summed E-state index contributed by atoms with van der Waals surface area (Å²) in [4.78, 5) is 34.4. The number of hydrogen-bond donors (Lipinski definition) is 4. The van der Waals surface area contributed by atoms with E-state index in [0.717, 1.165) is 0 Å². The van der Waals surface area contributed by atoms with Crippen LogP contribution in [-0.2, 0) is 11.2 Å². The normalized spacial score (nSPS) is 30.2. The molecule has 0 unspecified atom stereocenters. The first kappa shape index (κ1) is 5.64. The van der Waals surface area contributed by atoms with Gasteiger partial charge in [-0.25, -0.2) is 4.98 Å². The third-order valence-electron chi connectivity index (χ3n) is 2.50. The van der Waals surface area contributed by atoms with E-state index in [-0.39, 0.29) is 0 Å². The van der Waals surface area contributed by atoms with Gasteiger partial charge in [0.25, 0.3) is 5.91 Å². The molecule has 0 saturated carbocycles. The summed E-state index contributed by atoms with van der Waals surface area (Å²) in [6, 6.07) is -11.8. The maximum absolute atomic E-state index is 14.4. The maximum atomic E-state index is 14.4. The van der Waals surface area contributed by atoms with Gasteiger partial charge in [0.1, 0.15) is 11.7 Å². The number of carbonyl (C=O) groups excluding carboxylic acids is 2. The van der Waals surface area contributed by atoms with Crippen LogP contribution in [0.3, 0.4) is 0 Å². The molecule has 1 aromatic carbocycles. The van der Waals surface area contributed by atoms with Gasteiger partial charge >= 0.3 is 7.12 Å². The van der Waals surface area contributed by atoms with E-state index in [0.29, 0.717) is 0 Å². The van der Waals surface area contributed by atoms with Crippen LogP contribution in [0.2, 0.25) is 2.82 Å². The van der Waals surface area contributed by atoms with Crippen LogP contribution < -0.4 is 10.6 Å². The summed E-state index contributed by atoms with van der Waals surface area (Å²) in [5.41, 5.74) is -3.23. The molecule has 2 amide bonds. The molecule has 2 rings (SSSR count). The zero-order valence-electron chi connectivity index (χ0n) is 38.5. The summed E-state index contributed by atoms with van der Waals surface area (Å²) in [6.07, 6.45) is -12.9. The van der Waals surface area contributed by atoms with Crippen LogP contribution in [0.25, 0.3) is 0 Å². The summed E-state index contributed by atoms with van der Waals surface area (Å²) < 4.78 is 201. The van der Waals surface area contributed by atoms with Crippen LogP contribution in [0.4, 0.5) is 0 Å². The highest BCUT2D eigenvalue weighted by Gasteiger charge is 2.30. The molecule has 9 heteroatoms. The number of rotatable bonds is 11. The van der Waals surface area contributed by atoms with Gasteiger partial charge in [-0.15, -0.1) is 0 Å². The molecule has 148 valence electrons. The second-order valence-corrected chi connectivity index (χ2v) is 4.43. The minimum Gasteiger partial charge on any atom is -0.426 e. The lowest BCUT2D eigenvalue weighted by Gasteiger charge is -2.24. The van der Waals surface area contributed by atoms with Crippen LogP contribution in [-0.4, -0.2) is 53.8 Å². The average Bonchev–Trinajstić information content (AvgIpc) is 3.04. The summed E-state index contributed by atoms with van der Waals surface area (Å²) >= 11 is 0. The standard InChI is InChI=1S/C19H25BN4O4/c1-13(2)10-17(20(27)28)24-18(25)15(11-14-6-4-3-5-7-14)23-19(26)16-12-21-8-9-22-16/h3-9,12-13,15,17,27-28H,10-11H2,1-2H3,(H,23,26)(H,24,25)/t15-,17-/m0/s1/i1D3,2D3,3D,4D,5D,6D,7D,8D,9D,10D2,11D2,12D,13D,15D,17D,27D,28D/hD2. The molecule has 0 aliphatic carbocycles. The number of carbonyl (C=O) groups is 2. The Bertz CT molecular complexity index is 1730. The Kier molecular flexibility index (Phi) is 2.12. The summed E-state index contributed by atoms with van der Waals surface area (Å²) in [5.74, 6) is -14.7. The lowest BCUT2D eigenvalue weighted by molar-refractivity contribution is -0.123. The largest absolute Gasteiger partial charge is 0.475 e. The van der Waals surface area contributed by atoms with Crippen LogP contribution in [0.1, 0.15) is 64.9 Å². The van der Waals surface area contributed by atoms with Crippen LogP contribution in [0.5, 0.6) is 0 Å². The first-order valence-electron chi connectivity index (χ1n) is 19.2. The Hall–Kier alpha value is -2.78. The van der Waals surface area contributed by atoms with Gasteiger partial charge in [0.05, 0.1) is 24.4 Å². The minimum atomic E-state index is -4.87. The molecule has 0 aliphatic rings. The smallest absolute Gasteiger partial charge is 0.426 e. The zero-order chi connectivity index (χ0) is 42.0. The molecule has 4 N–H and O–H groups in total. The Morgan fingerprint density at radius 1 is 1.36 bits per heavy atom. The van der Waals surface area contributed by atoms with Gasteiger partial charge < -0.3 is 20.7 Å². The molecule has 1 heterocycles. The van der Waals surface area contributed by atoms with Gasteiger partial charge in [-0.1, -0.05) is 43.9 Å². The van der Waals surface area contributed by atoms with Crippen molar-refractivity contribution in [2.75, 3.05) is 0 Å². The lowest BCUT2D eigenvalue weighted by Crippen LogP contribution is -2.55. The van der Waals surface area contributed by atoms with Crippen molar-refractivity contribution < 1.29 is 51.3 Å². The second kappa shape index (κ2) is 10.5. The summed E-state index contributed by atoms with van der Waals surface area (Å²) in [7, 11) is -3.50. The van der Waals surface area contributed by atoms with Gasteiger partial charge in [0.2, 0.25) is 5.91 Å². The molecule has 0 fully saturated rings. The van der Waals surface area contributed by atoms with E-state index in [1.54, 1.807) is 0 Å². The van der Waals surface area contributed by atoms with Crippen LogP contribution >= 0.6 is 0 Å². The van der Waals surface area contributed by atoms with E-state index in [4.69, 9.17) is 34.5 Å². The molecule has 2 aromatic rings. The van der Waals surface area contributed by atoms with Crippen molar-refractivity contribution >= 4 is 18.9 Å². The van der Waals surface area contributed by atoms with Gasteiger partial charge in [0.15, 0.2) is 5.69 Å². The summed E-state index contributed by atoms with van der Waals surface area (Å²) in [6.45, 7) is -8.77. The molecule has 0 radical (unpaired) electrons. The Morgan fingerprint density at radius 3 is 2.86 bits per heavy atom. The average molecular weight is 409 g/mol. The van der Waals surface area contributed by atoms with Crippen LogP contribution in [0.15, 0.2) is 48.7 Å². The van der Waals surface area contributed by atoms with E-state index in [9.17, 15) is 9.59 Å². The Balaban J connectivity index is 3.25. The quantitative estimate of drug-likeness (QED) is 0.397. The predicted molar refractivity (Wildman–Crippen MR) is 105 cm³/mol. The molecule has 28 heavy (non-hydrogen) atoms. The third kappa shape index (κ3) is 6.75. The number of aromatic nitrogens is 2. The first-order chi connectivity index (χ1) is 23.7. The Labute approximate surface area is 200 Å². The monoisotopic (exact) mass is 409 g/mol. The fourth-order valence-electron chi connectivity index (χ4n) is 1.45. The topological polar surface area (TPSA) is 124 Å². The van der Waals surface area contributed by atoms with E-state index in [1.165, 1.54) is 0 Å². The number of hydrogen-bond acceptors (Lipinski definition) is 6. The van der Waals surface area contributed by atoms with E-state index in [1.807, 2.05) is 0 Å². The number of nitrogens with one attached hydrogen (secondary N) is 2. The molecule has 0 saturated heterocycles. The van der Waals surface area contributed by atoms with Gasteiger partial charge in [-0.2, -0.15) is 0 Å². The van der Waals surface area contributed by atoms with Crippen molar-refractivity contribution in [3.8, 4) is 0 Å². The summed E-state index contributed by atoms with van der Waals surface area (Å²) in [5, 5.41) is 5.24. The van der Waals surface area contributed by atoms with E-state index in [2.05, 4.69) is 20.0 Å². The van der Waals surface area contributed by atoms with Crippen molar-refractivity contribution in [2.24, 2.45) is 5.89 Å². The molecular weight excluding hydrogens is 359 g/mol. The van der Waals surface area contributed by atoms with Gasteiger partial charge in [0, 0.05) is 35.2 Å². The zero-order valence-corrected chi connectivity index (χ0v) is 13.5. The van der Waals surface area contributed by atoms with Gasteiger partial charge in [-0.05, 0) is 17.8 Å². The Morgan fingerprint density at radius 2 is 2.14 bits per heavy atom. The van der Waals surface area contributed by atoms with Crippen LogP contribution in [0, 0.1) is 5.89 Å². The molecule has 2 atom stereocenters. The number of benzene rings is 1. The molecule has 0 bridgehead atoms. The number of amides is 2. The minimum absolute atomic E-state index is 1.04. The number of nitrogens with zero attached hydrogens (tertiary/aromatic N) is 2. The second-order valence-electron chi connectivity index (χ2n) is 4.43. The van der Waals surface area contributed by atoms with Gasteiger partial charge in [-0.3, -0.25) is 14.6 Å². The van der Waals surface area contributed by atoms with E-state index >= 15 is 0 Å². The predicted octanol–water partition coefficient (Wildman–Crippen LogP) is 0.361. The molecular formula is C19H25BN4O4. The highest BCUT2D eigenvalue weighted by molar-refractivity contribution is 6.43. The lowest BCUT2D eigenvalue weighted by atomic mass is 9.75. The van der Waals surface area contributed by atoms with Crippen molar-refractivity contribution in [1.29, 1.82) is 2.86 Å².